The first-order valence-corrected chi connectivity index (χ1v) is 6.36. The summed E-state index contributed by atoms with van der Waals surface area (Å²) in [4.78, 5) is 26.1. The van der Waals surface area contributed by atoms with Crippen molar-refractivity contribution in [1.82, 2.24) is 19.5 Å². The number of anilines is 1. The van der Waals surface area contributed by atoms with Crippen LogP contribution in [0.2, 0.25) is 0 Å². The Balaban J connectivity index is 2.19. The van der Waals surface area contributed by atoms with Crippen LogP contribution in [0, 0.1) is 0 Å². The van der Waals surface area contributed by atoms with E-state index >= 15 is 0 Å². The highest BCUT2D eigenvalue weighted by Crippen LogP contribution is 2.34. The molecule has 1 aliphatic heterocycles. The van der Waals surface area contributed by atoms with Crippen molar-refractivity contribution in [3.05, 3.63) is 10.4 Å². The fraction of sp³-hybridized carbons (Fsp3) is 0.500. The van der Waals surface area contributed by atoms with Gasteiger partial charge in [0.2, 0.25) is 5.95 Å². The van der Waals surface area contributed by atoms with Crippen LogP contribution in [-0.4, -0.2) is 65.0 Å². The van der Waals surface area contributed by atoms with Gasteiger partial charge < -0.3 is 25.8 Å². The average Bonchev–Trinajstić information content (AvgIpc) is 2.99. The summed E-state index contributed by atoms with van der Waals surface area (Å²) in [7, 11) is 0. The molecule has 0 saturated carbocycles. The minimum Gasteiger partial charge on any atom is -0.394 e. The Morgan fingerprint density at radius 1 is 1.35 bits per heavy atom. The maximum atomic E-state index is 11.8. The minimum atomic E-state index is -1.51. The molecule has 126 valence electrons. The molecule has 0 amide bonds. The number of rotatable bonds is 4. The fourth-order valence-corrected chi connectivity index (χ4v) is 2.40. The summed E-state index contributed by atoms with van der Waals surface area (Å²) < 4.78 is 6.28. The molecule has 0 radical (unpaired) electrons. The molecular formula is C10H13N5O8. The number of aromatic nitrogens is 4. The molecule has 0 unspecified atom stereocenters. The van der Waals surface area contributed by atoms with Crippen molar-refractivity contribution in [1.29, 1.82) is 0 Å². The normalized spacial score (nSPS) is 27.7. The second-order valence-corrected chi connectivity index (χ2v) is 4.77. The van der Waals surface area contributed by atoms with E-state index in [4.69, 9.17) is 20.8 Å². The Kier molecular flexibility index (Phi) is 3.88. The topological polar surface area (TPSA) is 198 Å². The zero-order chi connectivity index (χ0) is 16.7. The summed E-state index contributed by atoms with van der Waals surface area (Å²) in [5.41, 5.74) is 4.38. The molecule has 0 aliphatic carbocycles. The molecule has 2 aromatic rings. The predicted molar refractivity (Wildman–Crippen MR) is 69.9 cm³/mol. The van der Waals surface area contributed by atoms with Gasteiger partial charge in [0.15, 0.2) is 17.4 Å². The second-order valence-electron chi connectivity index (χ2n) is 4.77. The number of nitrogen functional groups attached to an aromatic ring is 1. The highest BCUT2D eigenvalue weighted by atomic mass is 17.5. The first kappa shape index (κ1) is 15.6. The van der Waals surface area contributed by atoms with E-state index in [-0.39, 0.29) is 17.1 Å². The van der Waals surface area contributed by atoms with E-state index in [1.165, 1.54) is 0 Å². The van der Waals surface area contributed by atoms with Crippen molar-refractivity contribution < 1.29 is 35.2 Å². The maximum absolute atomic E-state index is 11.8. The molecule has 0 bridgehead atoms. The van der Waals surface area contributed by atoms with E-state index in [1.807, 2.05) is 0 Å². The van der Waals surface area contributed by atoms with E-state index in [2.05, 4.69) is 24.9 Å². The van der Waals surface area contributed by atoms with Gasteiger partial charge in [0, 0.05) is 0 Å². The fourth-order valence-electron chi connectivity index (χ4n) is 2.40. The number of fused-ring (bicyclic) bond motifs is 1. The molecule has 1 aliphatic rings. The lowest BCUT2D eigenvalue weighted by molar-refractivity contribution is -0.442. The van der Waals surface area contributed by atoms with Crippen molar-refractivity contribution in [3.8, 4) is 6.01 Å². The zero-order valence-corrected chi connectivity index (χ0v) is 11.4. The molecule has 23 heavy (non-hydrogen) atoms. The molecule has 13 heteroatoms. The molecule has 7 N–H and O–H groups in total. The molecule has 1 saturated heterocycles. The van der Waals surface area contributed by atoms with Crippen molar-refractivity contribution in [3.63, 3.8) is 0 Å². The number of hydrogen-bond acceptors (Lipinski definition) is 11. The first-order chi connectivity index (χ1) is 11.0. The van der Waals surface area contributed by atoms with Crippen LogP contribution in [0.5, 0.6) is 6.01 Å². The van der Waals surface area contributed by atoms with Crippen LogP contribution in [0.3, 0.4) is 0 Å². The standard InChI is InChI=1S/C10H13N5O8/c11-9-13-6-3(7(19)14-9)12-10(22-23-20)15(6)8-5(18)4(17)2(1-16)21-8/h2,4-5,8,16-18,20H,1H2,(H3,11,13,14,19)/t2-,4-,5-,8-/m1/s1. The lowest BCUT2D eigenvalue weighted by atomic mass is 10.1. The van der Waals surface area contributed by atoms with Gasteiger partial charge in [-0.25, -0.2) is 9.82 Å². The van der Waals surface area contributed by atoms with Crippen molar-refractivity contribution >= 4 is 17.1 Å². The first-order valence-electron chi connectivity index (χ1n) is 6.36. The van der Waals surface area contributed by atoms with E-state index in [0.29, 0.717) is 0 Å². The van der Waals surface area contributed by atoms with Gasteiger partial charge in [-0.2, -0.15) is 9.97 Å². The quantitative estimate of drug-likeness (QED) is 0.248. The number of H-pyrrole nitrogens is 1. The molecule has 3 heterocycles. The zero-order valence-electron chi connectivity index (χ0n) is 11.4. The third-order valence-corrected chi connectivity index (χ3v) is 3.42. The van der Waals surface area contributed by atoms with Crippen LogP contribution >= 0.6 is 0 Å². The van der Waals surface area contributed by atoms with Gasteiger partial charge in [-0.1, -0.05) is 0 Å². The summed E-state index contributed by atoms with van der Waals surface area (Å²) in [5, 5.41) is 41.0. The molecule has 2 aromatic heterocycles. The third kappa shape index (κ3) is 2.40. The largest absolute Gasteiger partial charge is 0.394 e. The molecule has 13 nitrogen and oxygen atoms in total. The lowest BCUT2D eigenvalue weighted by Gasteiger charge is -2.17. The summed E-state index contributed by atoms with van der Waals surface area (Å²) in [5.74, 6) is -0.244. The number of aromatic amines is 1. The van der Waals surface area contributed by atoms with Gasteiger partial charge >= 0.3 is 6.01 Å². The predicted octanol–water partition coefficient (Wildman–Crippen LogP) is -2.90. The second kappa shape index (κ2) is 5.73. The number of ether oxygens (including phenoxy) is 1. The highest BCUT2D eigenvalue weighted by Gasteiger charge is 2.45. The van der Waals surface area contributed by atoms with Crippen molar-refractivity contribution in [2.24, 2.45) is 0 Å². The van der Waals surface area contributed by atoms with Gasteiger partial charge in [0.1, 0.15) is 18.3 Å². The monoisotopic (exact) mass is 331 g/mol. The summed E-state index contributed by atoms with van der Waals surface area (Å²) in [6.07, 6.45) is -5.33. The maximum Gasteiger partial charge on any atom is 0.341 e. The van der Waals surface area contributed by atoms with Crippen LogP contribution in [0.4, 0.5) is 5.95 Å². The van der Waals surface area contributed by atoms with E-state index in [1.54, 1.807) is 0 Å². The van der Waals surface area contributed by atoms with Gasteiger partial charge in [0.05, 0.1) is 6.61 Å². The van der Waals surface area contributed by atoms with Crippen LogP contribution < -0.4 is 16.2 Å². The Labute approximate surface area is 126 Å². The number of imidazole rings is 1. The third-order valence-electron chi connectivity index (χ3n) is 3.42. The summed E-state index contributed by atoms with van der Waals surface area (Å²) in [6, 6.07) is -0.485. The van der Waals surface area contributed by atoms with Gasteiger partial charge in [-0.15, -0.1) is 0 Å². The molecular weight excluding hydrogens is 318 g/mol. The van der Waals surface area contributed by atoms with E-state index in [9.17, 15) is 15.0 Å². The SMILES string of the molecule is Nc1nc2c(nc(OOO)n2[C@@H]2O[C@H](CO)[C@@H](O)[C@H]2O)c(=O)[nH]1. The van der Waals surface area contributed by atoms with Crippen LogP contribution in [-0.2, 0) is 9.78 Å². The van der Waals surface area contributed by atoms with Gasteiger partial charge in [0.25, 0.3) is 5.56 Å². The Morgan fingerprint density at radius 2 is 2.09 bits per heavy atom. The molecule has 1 fully saturated rings. The molecule has 0 spiro atoms. The Bertz CT molecular complexity index is 774. The van der Waals surface area contributed by atoms with Crippen molar-refractivity contribution in [2.75, 3.05) is 12.3 Å². The van der Waals surface area contributed by atoms with Crippen LogP contribution in [0.15, 0.2) is 4.79 Å². The Morgan fingerprint density at radius 3 is 2.70 bits per heavy atom. The van der Waals surface area contributed by atoms with Crippen molar-refractivity contribution in [2.45, 2.75) is 24.5 Å². The van der Waals surface area contributed by atoms with E-state index < -0.39 is 42.7 Å². The molecule has 4 atom stereocenters. The number of nitrogens with two attached hydrogens (primary N) is 1. The number of hydrogen-bond donors (Lipinski definition) is 6. The summed E-state index contributed by atoms with van der Waals surface area (Å²) >= 11 is 0. The molecule has 3 rings (SSSR count). The number of aliphatic hydroxyl groups is 3. The average molecular weight is 331 g/mol. The number of nitrogens with one attached hydrogen (secondary N) is 1. The molecule has 0 aromatic carbocycles. The number of nitrogens with zero attached hydrogens (tertiary/aromatic N) is 3. The number of aliphatic hydroxyl groups excluding tert-OH is 3. The van der Waals surface area contributed by atoms with E-state index in [0.717, 1.165) is 4.57 Å². The highest BCUT2D eigenvalue weighted by molar-refractivity contribution is 5.72. The van der Waals surface area contributed by atoms with Gasteiger partial charge in [-0.3, -0.25) is 14.7 Å². The lowest BCUT2D eigenvalue weighted by Crippen LogP contribution is -2.33. The Hall–Kier alpha value is -2.29. The minimum absolute atomic E-state index is 0.145. The van der Waals surface area contributed by atoms with Crippen LogP contribution in [0.1, 0.15) is 6.23 Å². The smallest absolute Gasteiger partial charge is 0.341 e. The summed E-state index contributed by atoms with van der Waals surface area (Å²) in [6.45, 7) is -0.565. The van der Waals surface area contributed by atoms with Gasteiger partial charge in [-0.05, 0) is 5.04 Å². The van der Waals surface area contributed by atoms with Crippen LogP contribution in [0.25, 0.3) is 11.2 Å².